The van der Waals surface area contributed by atoms with Gasteiger partial charge in [-0.1, -0.05) is 18.2 Å². The summed E-state index contributed by atoms with van der Waals surface area (Å²) in [5.74, 6) is -0.190. The molecule has 0 atom stereocenters. The molecule has 2 rings (SSSR count). The van der Waals surface area contributed by atoms with Crippen molar-refractivity contribution in [3.8, 4) is 5.75 Å². The highest BCUT2D eigenvalue weighted by Crippen LogP contribution is 2.26. The summed E-state index contributed by atoms with van der Waals surface area (Å²) in [5, 5.41) is 2.70. The van der Waals surface area contributed by atoms with Crippen LogP contribution in [0.25, 0.3) is 0 Å². The van der Waals surface area contributed by atoms with Crippen molar-refractivity contribution in [3.05, 3.63) is 53.8 Å². The third kappa shape index (κ3) is 4.98. The number of nitrogen functional groups attached to an aromatic ring is 1. The van der Waals surface area contributed by atoms with Gasteiger partial charge in [0.05, 0.1) is 11.8 Å². The van der Waals surface area contributed by atoms with Crippen LogP contribution in [0.4, 0.5) is 15.8 Å². The third-order valence-electron chi connectivity index (χ3n) is 3.25. The second-order valence-corrected chi connectivity index (χ2v) is 5.55. The van der Waals surface area contributed by atoms with Gasteiger partial charge < -0.3 is 15.8 Å². The Morgan fingerprint density at radius 3 is 2.70 bits per heavy atom. The van der Waals surface area contributed by atoms with E-state index in [1.165, 1.54) is 18.2 Å². The summed E-state index contributed by atoms with van der Waals surface area (Å²) in [6.07, 6.45) is 0.709. The van der Waals surface area contributed by atoms with Gasteiger partial charge in [0.25, 0.3) is 0 Å². The van der Waals surface area contributed by atoms with Crippen LogP contribution in [0.5, 0.6) is 5.75 Å². The van der Waals surface area contributed by atoms with E-state index in [4.69, 9.17) is 10.5 Å². The quantitative estimate of drug-likeness (QED) is 0.797. The van der Waals surface area contributed by atoms with Crippen LogP contribution in [-0.4, -0.2) is 12.0 Å². The van der Waals surface area contributed by atoms with E-state index < -0.39 is 5.82 Å². The maximum absolute atomic E-state index is 13.4. The molecule has 0 heterocycles. The molecule has 3 N–H and O–H groups in total. The Morgan fingerprint density at radius 1 is 1.26 bits per heavy atom. The standard InChI is InChI=1S/C18H21FN2O2/c1-12(2)23-17-9-8-14(19)11-16(17)21-18(22)10-7-13-5-3-4-6-15(13)20/h3-6,8-9,11-12H,7,10,20H2,1-2H3,(H,21,22). The first-order valence-electron chi connectivity index (χ1n) is 7.55. The van der Waals surface area contributed by atoms with Crippen molar-refractivity contribution in [2.75, 3.05) is 11.1 Å². The van der Waals surface area contributed by atoms with E-state index in [0.29, 0.717) is 23.5 Å². The molecule has 0 aliphatic rings. The summed E-state index contributed by atoms with van der Waals surface area (Å²) in [6.45, 7) is 3.74. The number of ether oxygens (including phenoxy) is 1. The molecule has 0 saturated carbocycles. The summed E-state index contributed by atoms with van der Waals surface area (Å²) in [7, 11) is 0. The first kappa shape index (κ1) is 16.8. The fourth-order valence-electron chi connectivity index (χ4n) is 2.18. The fraction of sp³-hybridized carbons (Fsp3) is 0.278. The van der Waals surface area contributed by atoms with Crippen LogP contribution in [0.15, 0.2) is 42.5 Å². The van der Waals surface area contributed by atoms with Gasteiger partial charge in [-0.05, 0) is 44.0 Å². The van der Waals surface area contributed by atoms with Crippen molar-refractivity contribution in [2.45, 2.75) is 32.8 Å². The van der Waals surface area contributed by atoms with Crippen LogP contribution in [0.3, 0.4) is 0 Å². The number of carbonyl (C=O) groups excluding carboxylic acids is 1. The SMILES string of the molecule is CC(C)Oc1ccc(F)cc1NC(=O)CCc1ccccc1N. The lowest BCUT2D eigenvalue weighted by Gasteiger charge is -2.15. The van der Waals surface area contributed by atoms with Gasteiger partial charge in [0.15, 0.2) is 0 Å². The van der Waals surface area contributed by atoms with E-state index in [1.807, 2.05) is 32.0 Å². The molecule has 0 radical (unpaired) electrons. The van der Waals surface area contributed by atoms with E-state index in [0.717, 1.165) is 5.56 Å². The number of hydrogen-bond donors (Lipinski definition) is 2. The van der Waals surface area contributed by atoms with Crippen LogP contribution in [0, 0.1) is 5.82 Å². The molecule has 2 aromatic rings. The zero-order chi connectivity index (χ0) is 16.8. The lowest BCUT2D eigenvalue weighted by molar-refractivity contribution is -0.116. The average molecular weight is 316 g/mol. The smallest absolute Gasteiger partial charge is 0.224 e. The van der Waals surface area contributed by atoms with Crippen molar-refractivity contribution < 1.29 is 13.9 Å². The van der Waals surface area contributed by atoms with Gasteiger partial charge in [-0.25, -0.2) is 4.39 Å². The van der Waals surface area contributed by atoms with E-state index >= 15 is 0 Å². The lowest BCUT2D eigenvalue weighted by Crippen LogP contribution is -2.15. The molecular formula is C18H21FN2O2. The summed E-state index contributed by atoms with van der Waals surface area (Å²) < 4.78 is 19.0. The predicted octanol–water partition coefficient (Wildman–Crippen LogP) is 3.77. The van der Waals surface area contributed by atoms with E-state index in [9.17, 15) is 9.18 Å². The van der Waals surface area contributed by atoms with Crippen molar-refractivity contribution in [3.63, 3.8) is 0 Å². The zero-order valence-electron chi connectivity index (χ0n) is 13.3. The molecule has 23 heavy (non-hydrogen) atoms. The molecule has 0 aliphatic heterocycles. The molecule has 0 unspecified atom stereocenters. The lowest BCUT2D eigenvalue weighted by atomic mass is 10.1. The predicted molar refractivity (Wildman–Crippen MR) is 90.0 cm³/mol. The van der Waals surface area contributed by atoms with Gasteiger partial charge in [-0.15, -0.1) is 0 Å². The summed E-state index contributed by atoms with van der Waals surface area (Å²) in [4.78, 5) is 12.1. The van der Waals surface area contributed by atoms with Crippen LogP contribution >= 0.6 is 0 Å². The highest BCUT2D eigenvalue weighted by atomic mass is 19.1. The van der Waals surface area contributed by atoms with E-state index in [1.54, 1.807) is 6.07 Å². The number of anilines is 2. The Bertz CT molecular complexity index is 686. The Labute approximate surface area is 135 Å². The topological polar surface area (TPSA) is 64.3 Å². The zero-order valence-corrected chi connectivity index (χ0v) is 13.3. The fourth-order valence-corrected chi connectivity index (χ4v) is 2.18. The van der Waals surface area contributed by atoms with Crippen LogP contribution < -0.4 is 15.8 Å². The van der Waals surface area contributed by atoms with Gasteiger partial charge >= 0.3 is 0 Å². The molecule has 0 aromatic heterocycles. The molecule has 5 heteroatoms. The average Bonchev–Trinajstić information content (AvgIpc) is 2.49. The molecule has 0 aliphatic carbocycles. The number of carbonyl (C=O) groups is 1. The summed E-state index contributed by atoms with van der Waals surface area (Å²) in [6, 6.07) is 11.5. The molecular weight excluding hydrogens is 295 g/mol. The first-order chi connectivity index (χ1) is 11.0. The van der Waals surface area contributed by atoms with Crippen LogP contribution in [-0.2, 0) is 11.2 Å². The van der Waals surface area contributed by atoms with E-state index in [-0.39, 0.29) is 18.4 Å². The minimum absolute atomic E-state index is 0.0692. The number of nitrogens with one attached hydrogen (secondary N) is 1. The normalized spacial score (nSPS) is 10.6. The number of para-hydroxylation sites is 1. The largest absolute Gasteiger partial charge is 0.489 e. The summed E-state index contributed by atoms with van der Waals surface area (Å²) >= 11 is 0. The molecule has 2 aromatic carbocycles. The Kier molecular flexibility index (Phi) is 5.57. The van der Waals surface area contributed by atoms with Crippen LogP contribution in [0.2, 0.25) is 0 Å². The number of halogens is 1. The van der Waals surface area contributed by atoms with Crippen molar-refractivity contribution in [1.82, 2.24) is 0 Å². The van der Waals surface area contributed by atoms with E-state index in [2.05, 4.69) is 5.32 Å². The maximum atomic E-state index is 13.4. The van der Waals surface area contributed by atoms with Gasteiger partial charge in [0, 0.05) is 18.2 Å². The molecule has 122 valence electrons. The molecule has 0 saturated heterocycles. The Balaban J connectivity index is 2.02. The van der Waals surface area contributed by atoms with Crippen LogP contribution in [0.1, 0.15) is 25.8 Å². The Morgan fingerprint density at radius 2 is 2.00 bits per heavy atom. The van der Waals surface area contributed by atoms with Gasteiger partial charge in [-0.3, -0.25) is 4.79 Å². The monoisotopic (exact) mass is 316 g/mol. The second kappa shape index (κ2) is 7.63. The third-order valence-corrected chi connectivity index (χ3v) is 3.25. The minimum atomic E-state index is -0.427. The molecule has 4 nitrogen and oxygen atoms in total. The highest BCUT2D eigenvalue weighted by molar-refractivity contribution is 5.92. The number of hydrogen-bond acceptors (Lipinski definition) is 3. The Hall–Kier alpha value is -2.56. The number of amides is 1. The molecule has 0 spiro atoms. The number of rotatable bonds is 6. The summed E-state index contributed by atoms with van der Waals surface area (Å²) in [5.41, 5.74) is 7.77. The molecule has 0 bridgehead atoms. The number of nitrogens with two attached hydrogens (primary N) is 1. The number of aryl methyl sites for hydroxylation is 1. The number of benzene rings is 2. The molecule has 1 amide bonds. The first-order valence-corrected chi connectivity index (χ1v) is 7.55. The minimum Gasteiger partial charge on any atom is -0.489 e. The maximum Gasteiger partial charge on any atom is 0.224 e. The van der Waals surface area contributed by atoms with Crippen molar-refractivity contribution in [2.24, 2.45) is 0 Å². The van der Waals surface area contributed by atoms with Crippen molar-refractivity contribution >= 4 is 17.3 Å². The second-order valence-electron chi connectivity index (χ2n) is 5.55. The van der Waals surface area contributed by atoms with Gasteiger partial charge in [0.2, 0.25) is 5.91 Å². The van der Waals surface area contributed by atoms with Crippen molar-refractivity contribution in [1.29, 1.82) is 0 Å². The molecule has 0 fully saturated rings. The highest BCUT2D eigenvalue weighted by Gasteiger charge is 2.11. The van der Waals surface area contributed by atoms with Gasteiger partial charge in [0.1, 0.15) is 11.6 Å². The van der Waals surface area contributed by atoms with Gasteiger partial charge in [-0.2, -0.15) is 0 Å².